The van der Waals surface area contributed by atoms with E-state index in [0.717, 1.165) is 13.1 Å². The highest BCUT2D eigenvalue weighted by molar-refractivity contribution is 7.09. The minimum atomic E-state index is 0.244. The van der Waals surface area contributed by atoms with Crippen LogP contribution >= 0.6 is 11.3 Å². The van der Waals surface area contributed by atoms with Crippen LogP contribution in [0.4, 0.5) is 0 Å². The lowest BCUT2D eigenvalue weighted by atomic mass is 10.1. The van der Waals surface area contributed by atoms with E-state index in [1.165, 1.54) is 4.88 Å². The van der Waals surface area contributed by atoms with Crippen molar-refractivity contribution in [2.24, 2.45) is 11.7 Å². The quantitative estimate of drug-likeness (QED) is 0.810. The van der Waals surface area contributed by atoms with Gasteiger partial charge in [0.2, 0.25) is 5.91 Å². The number of carbonyl (C=O) groups is 1. The zero-order chi connectivity index (χ0) is 9.97. The van der Waals surface area contributed by atoms with Crippen molar-refractivity contribution in [3.05, 3.63) is 22.4 Å². The van der Waals surface area contributed by atoms with E-state index < -0.39 is 0 Å². The summed E-state index contributed by atoms with van der Waals surface area (Å²) >= 11 is 1.70. The van der Waals surface area contributed by atoms with Crippen molar-refractivity contribution < 1.29 is 4.79 Å². The molecule has 1 fully saturated rings. The molecule has 2 rings (SSSR count). The Morgan fingerprint density at radius 2 is 2.50 bits per heavy atom. The van der Waals surface area contributed by atoms with Gasteiger partial charge in [-0.1, -0.05) is 6.07 Å². The fourth-order valence-electron chi connectivity index (χ4n) is 1.76. The highest BCUT2D eigenvalue weighted by Gasteiger charge is 2.28. The summed E-state index contributed by atoms with van der Waals surface area (Å²) in [6.07, 6.45) is 0.627. The van der Waals surface area contributed by atoms with Crippen LogP contribution in [-0.4, -0.2) is 23.9 Å². The largest absolute Gasteiger partial charge is 0.337 e. The van der Waals surface area contributed by atoms with Crippen LogP contribution in [-0.2, 0) is 11.3 Å². The molecule has 1 aliphatic heterocycles. The molecule has 0 radical (unpaired) electrons. The Morgan fingerprint density at radius 3 is 3.07 bits per heavy atom. The second-order valence-electron chi connectivity index (χ2n) is 3.66. The number of carbonyl (C=O) groups excluding carboxylic acids is 1. The van der Waals surface area contributed by atoms with Crippen LogP contribution < -0.4 is 5.73 Å². The number of rotatable bonds is 3. The smallest absolute Gasteiger partial charge is 0.223 e. The fourth-order valence-corrected chi connectivity index (χ4v) is 2.47. The predicted octanol–water partition coefficient (Wildman–Crippen LogP) is 1.06. The topological polar surface area (TPSA) is 46.3 Å². The minimum Gasteiger partial charge on any atom is -0.337 e. The minimum absolute atomic E-state index is 0.244. The first-order chi connectivity index (χ1) is 6.79. The molecule has 1 unspecified atom stereocenters. The summed E-state index contributed by atoms with van der Waals surface area (Å²) in [6, 6.07) is 4.08. The SMILES string of the molecule is NCC1CC(=O)N(Cc2cccs2)C1. The van der Waals surface area contributed by atoms with E-state index in [0.29, 0.717) is 18.9 Å². The van der Waals surface area contributed by atoms with Crippen LogP contribution in [0.15, 0.2) is 17.5 Å². The molecule has 4 heteroatoms. The third-order valence-corrected chi connectivity index (χ3v) is 3.42. The van der Waals surface area contributed by atoms with Gasteiger partial charge in [0.15, 0.2) is 0 Å². The molecule has 2 N–H and O–H groups in total. The third-order valence-electron chi connectivity index (χ3n) is 2.55. The van der Waals surface area contributed by atoms with E-state index in [1.54, 1.807) is 11.3 Å². The fraction of sp³-hybridized carbons (Fsp3) is 0.500. The van der Waals surface area contributed by atoms with Gasteiger partial charge >= 0.3 is 0 Å². The molecule has 76 valence electrons. The average Bonchev–Trinajstić information content (AvgIpc) is 2.78. The number of nitrogens with zero attached hydrogens (tertiary/aromatic N) is 1. The van der Waals surface area contributed by atoms with Crippen molar-refractivity contribution in [3.63, 3.8) is 0 Å². The van der Waals surface area contributed by atoms with Crippen molar-refractivity contribution >= 4 is 17.2 Å². The van der Waals surface area contributed by atoms with E-state index in [1.807, 2.05) is 16.3 Å². The van der Waals surface area contributed by atoms with E-state index >= 15 is 0 Å². The van der Waals surface area contributed by atoms with Crippen LogP contribution in [0.1, 0.15) is 11.3 Å². The van der Waals surface area contributed by atoms with Crippen LogP contribution in [0.3, 0.4) is 0 Å². The van der Waals surface area contributed by atoms with Gasteiger partial charge < -0.3 is 10.6 Å². The average molecular weight is 210 g/mol. The molecule has 1 atom stereocenters. The molecule has 1 aliphatic rings. The molecule has 0 saturated carbocycles. The maximum Gasteiger partial charge on any atom is 0.223 e. The van der Waals surface area contributed by atoms with Gasteiger partial charge in [-0.3, -0.25) is 4.79 Å². The van der Waals surface area contributed by atoms with Gasteiger partial charge in [-0.25, -0.2) is 0 Å². The molecule has 2 heterocycles. The maximum atomic E-state index is 11.5. The van der Waals surface area contributed by atoms with Crippen LogP contribution in [0.2, 0.25) is 0 Å². The van der Waals surface area contributed by atoms with Gasteiger partial charge in [-0.15, -0.1) is 11.3 Å². The molecule has 0 bridgehead atoms. The normalized spacial score (nSPS) is 21.9. The molecule has 3 nitrogen and oxygen atoms in total. The van der Waals surface area contributed by atoms with Crippen LogP contribution in [0.25, 0.3) is 0 Å². The van der Waals surface area contributed by atoms with Gasteiger partial charge in [0.05, 0.1) is 6.54 Å². The van der Waals surface area contributed by atoms with Gasteiger partial charge in [0.25, 0.3) is 0 Å². The van der Waals surface area contributed by atoms with Gasteiger partial charge in [-0.2, -0.15) is 0 Å². The lowest BCUT2D eigenvalue weighted by molar-refractivity contribution is -0.128. The molecule has 0 spiro atoms. The summed E-state index contributed by atoms with van der Waals surface area (Å²) in [5.74, 6) is 0.608. The summed E-state index contributed by atoms with van der Waals surface area (Å²) in [7, 11) is 0. The molecule has 1 amide bonds. The summed E-state index contributed by atoms with van der Waals surface area (Å²) in [5.41, 5.74) is 5.56. The van der Waals surface area contributed by atoms with Gasteiger partial charge in [0.1, 0.15) is 0 Å². The second kappa shape index (κ2) is 4.11. The Hall–Kier alpha value is -0.870. The Labute approximate surface area is 87.5 Å². The standard InChI is InChI=1S/C10H14N2OS/c11-5-8-4-10(13)12(6-8)7-9-2-1-3-14-9/h1-3,8H,4-7,11H2. The number of nitrogens with two attached hydrogens (primary N) is 1. The number of hydrogen-bond acceptors (Lipinski definition) is 3. The predicted molar refractivity (Wildman–Crippen MR) is 56.9 cm³/mol. The number of thiophene rings is 1. The number of hydrogen-bond donors (Lipinski definition) is 1. The Bertz CT molecular complexity index is 310. The lowest BCUT2D eigenvalue weighted by Crippen LogP contribution is -2.25. The summed E-state index contributed by atoms with van der Waals surface area (Å²) < 4.78 is 0. The first-order valence-corrected chi connectivity index (χ1v) is 5.68. The third kappa shape index (κ3) is 1.96. The van der Waals surface area contributed by atoms with Gasteiger partial charge in [-0.05, 0) is 23.9 Å². The first kappa shape index (κ1) is 9.68. The molecule has 1 aromatic rings. The van der Waals surface area contributed by atoms with E-state index in [-0.39, 0.29) is 5.91 Å². The molecular formula is C10H14N2OS. The highest BCUT2D eigenvalue weighted by Crippen LogP contribution is 2.20. The van der Waals surface area contributed by atoms with E-state index in [9.17, 15) is 4.79 Å². The number of amides is 1. The Balaban J connectivity index is 1.96. The van der Waals surface area contributed by atoms with Crippen LogP contribution in [0.5, 0.6) is 0 Å². The Kier molecular flexibility index (Phi) is 2.84. The van der Waals surface area contributed by atoms with Crippen molar-refractivity contribution in [2.45, 2.75) is 13.0 Å². The molecule has 0 aromatic carbocycles. The van der Waals surface area contributed by atoms with Crippen molar-refractivity contribution in [2.75, 3.05) is 13.1 Å². The van der Waals surface area contributed by atoms with Crippen molar-refractivity contribution in [3.8, 4) is 0 Å². The Morgan fingerprint density at radius 1 is 1.64 bits per heavy atom. The van der Waals surface area contributed by atoms with Crippen LogP contribution in [0, 0.1) is 5.92 Å². The van der Waals surface area contributed by atoms with E-state index in [2.05, 4.69) is 6.07 Å². The lowest BCUT2D eigenvalue weighted by Gasteiger charge is -2.14. The number of likely N-dealkylation sites (tertiary alicyclic amines) is 1. The second-order valence-corrected chi connectivity index (χ2v) is 4.69. The summed E-state index contributed by atoms with van der Waals surface area (Å²) in [5, 5.41) is 2.04. The zero-order valence-corrected chi connectivity index (χ0v) is 8.80. The maximum absolute atomic E-state index is 11.5. The van der Waals surface area contributed by atoms with Crippen molar-refractivity contribution in [1.82, 2.24) is 4.90 Å². The molecular weight excluding hydrogens is 196 g/mol. The summed E-state index contributed by atoms with van der Waals surface area (Å²) in [4.78, 5) is 14.7. The first-order valence-electron chi connectivity index (χ1n) is 4.80. The molecule has 14 heavy (non-hydrogen) atoms. The van der Waals surface area contributed by atoms with Gasteiger partial charge in [0, 0.05) is 17.8 Å². The molecule has 1 saturated heterocycles. The summed E-state index contributed by atoms with van der Waals surface area (Å²) in [6.45, 7) is 2.20. The van der Waals surface area contributed by atoms with E-state index in [4.69, 9.17) is 5.73 Å². The monoisotopic (exact) mass is 210 g/mol. The van der Waals surface area contributed by atoms with Crippen molar-refractivity contribution in [1.29, 1.82) is 0 Å². The highest BCUT2D eigenvalue weighted by atomic mass is 32.1. The molecule has 0 aliphatic carbocycles. The molecule has 1 aromatic heterocycles. The zero-order valence-electron chi connectivity index (χ0n) is 7.98.